The smallest absolute Gasteiger partial charge is 0.302 e. The number of aliphatic hydroxyl groups excluding tert-OH is 1. The average molecular weight is 290 g/mol. The number of carbonyl (C=O) groups is 1. The molecule has 0 amide bonds. The van der Waals surface area contributed by atoms with E-state index in [1.807, 2.05) is 6.92 Å². The van der Waals surface area contributed by atoms with E-state index >= 15 is 0 Å². The number of hydrogen-bond donors (Lipinski definition) is 1. The van der Waals surface area contributed by atoms with Gasteiger partial charge in [0.05, 0.1) is 12.4 Å². The Morgan fingerprint density at radius 2 is 2.24 bits per heavy atom. The minimum atomic E-state index is -0.625. The van der Waals surface area contributed by atoms with Gasteiger partial charge < -0.3 is 14.3 Å². The van der Waals surface area contributed by atoms with Crippen LogP contribution in [0, 0.1) is 18.3 Å². The first-order valence-corrected chi connectivity index (χ1v) is 7.47. The van der Waals surface area contributed by atoms with Gasteiger partial charge in [0.25, 0.3) is 0 Å². The summed E-state index contributed by atoms with van der Waals surface area (Å²) in [5, 5.41) is 11.0. The van der Waals surface area contributed by atoms with Gasteiger partial charge in [-0.2, -0.15) is 0 Å². The van der Waals surface area contributed by atoms with E-state index in [0.29, 0.717) is 6.42 Å². The third kappa shape index (κ3) is 1.96. The molecule has 0 saturated heterocycles. The van der Waals surface area contributed by atoms with Gasteiger partial charge in [0.15, 0.2) is 0 Å². The van der Waals surface area contributed by atoms with E-state index in [1.54, 1.807) is 6.26 Å². The summed E-state index contributed by atoms with van der Waals surface area (Å²) in [6.07, 6.45) is 4.45. The lowest BCUT2D eigenvalue weighted by Gasteiger charge is -2.49. The Kier molecular flexibility index (Phi) is 3.24. The lowest BCUT2D eigenvalue weighted by atomic mass is 9.58. The van der Waals surface area contributed by atoms with Gasteiger partial charge in [-0.3, -0.25) is 4.79 Å². The van der Waals surface area contributed by atoms with Crippen LogP contribution < -0.4 is 0 Å². The highest BCUT2D eigenvalue weighted by Crippen LogP contribution is 2.56. The topological polar surface area (TPSA) is 59.7 Å². The maximum atomic E-state index is 11.3. The number of aliphatic hydroxyl groups is 1. The van der Waals surface area contributed by atoms with E-state index in [1.165, 1.54) is 12.5 Å². The summed E-state index contributed by atoms with van der Waals surface area (Å²) in [6.45, 7) is 7.52. The first-order valence-electron chi connectivity index (χ1n) is 7.47. The minimum Gasteiger partial charge on any atom is -0.468 e. The van der Waals surface area contributed by atoms with Crippen LogP contribution in [0.2, 0.25) is 0 Å². The molecule has 4 unspecified atom stereocenters. The van der Waals surface area contributed by atoms with Gasteiger partial charge in [0.1, 0.15) is 11.9 Å². The molecule has 1 heterocycles. The predicted octanol–water partition coefficient (Wildman–Crippen LogP) is 3.08. The molecule has 4 atom stereocenters. The lowest BCUT2D eigenvalue weighted by Crippen LogP contribution is -2.47. The Morgan fingerprint density at radius 3 is 2.90 bits per heavy atom. The van der Waals surface area contributed by atoms with Crippen molar-refractivity contribution in [2.75, 3.05) is 0 Å². The standard InChI is InChI=1S/C17H22O4/c1-9-8-20-14-7-12-5-6-13(21-11(3)18)10(2)17(12,4)16(19)15(9)14/h5,8,10,13,16,19H,6-7H2,1-4H3. The fourth-order valence-electron chi connectivity index (χ4n) is 3.90. The van der Waals surface area contributed by atoms with Gasteiger partial charge in [-0.15, -0.1) is 0 Å². The van der Waals surface area contributed by atoms with Crippen molar-refractivity contribution in [2.24, 2.45) is 11.3 Å². The zero-order valence-electron chi connectivity index (χ0n) is 13.0. The Hall–Kier alpha value is -1.55. The predicted molar refractivity (Wildman–Crippen MR) is 77.6 cm³/mol. The van der Waals surface area contributed by atoms with E-state index in [4.69, 9.17) is 9.15 Å². The van der Waals surface area contributed by atoms with Crippen LogP contribution in [0.5, 0.6) is 0 Å². The summed E-state index contributed by atoms with van der Waals surface area (Å²) in [6, 6.07) is 0. The largest absolute Gasteiger partial charge is 0.468 e. The third-order valence-electron chi connectivity index (χ3n) is 5.41. The van der Waals surface area contributed by atoms with Crippen LogP contribution in [-0.4, -0.2) is 17.2 Å². The Bertz CT molecular complexity index is 612. The van der Waals surface area contributed by atoms with Gasteiger partial charge in [-0.05, 0) is 12.5 Å². The number of furan rings is 1. The van der Waals surface area contributed by atoms with Crippen molar-refractivity contribution < 1.29 is 19.1 Å². The number of esters is 1. The average Bonchev–Trinajstić information content (AvgIpc) is 2.78. The molecule has 3 rings (SSSR count). The van der Waals surface area contributed by atoms with E-state index < -0.39 is 11.5 Å². The van der Waals surface area contributed by atoms with Gasteiger partial charge in [-0.25, -0.2) is 0 Å². The Balaban J connectivity index is 2.04. The van der Waals surface area contributed by atoms with Crippen LogP contribution in [0.3, 0.4) is 0 Å². The summed E-state index contributed by atoms with van der Waals surface area (Å²) < 4.78 is 11.0. The van der Waals surface area contributed by atoms with E-state index in [0.717, 1.165) is 23.3 Å². The second-order valence-electron chi connectivity index (χ2n) is 6.52. The number of fused-ring (bicyclic) bond motifs is 2. The SMILES string of the molecule is CC(=O)OC1CC=C2Cc3occ(C)c3C(O)C2(C)C1C. The molecule has 0 aromatic carbocycles. The third-order valence-corrected chi connectivity index (χ3v) is 5.41. The summed E-state index contributed by atoms with van der Waals surface area (Å²) in [5.41, 5.74) is 2.66. The summed E-state index contributed by atoms with van der Waals surface area (Å²) in [7, 11) is 0. The monoisotopic (exact) mass is 290 g/mol. The molecule has 0 bridgehead atoms. The van der Waals surface area contributed by atoms with E-state index in [-0.39, 0.29) is 18.0 Å². The zero-order chi connectivity index (χ0) is 15.4. The maximum Gasteiger partial charge on any atom is 0.302 e. The summed E-state index contributed by atoms with van der Waals surface area (Å²) in [4.78, 5) is 11.3. The maximum absolute atomic E-state index is 11.3. The van der Waals surface area contributed by atoms with Gasteiger partial charge >= 0.3 is 5.97 Å². The van der Waals surface area contributed by atoms with Crippen LogP contribution in [0.25, 0.3) is 0 Å². The fourth-order valence-corrected chi connectivity index (χ4v) is 3.90. The molecule has 0 fully saturated rings. The van der Waals surface area contributed by atoms with E-state index in [2.05, 4.69) is 19.9 Å². The van der Waals surface area contributed by atoms with Crippen molar-refractivity contribution in [3.05, 3.63) is 34.8 Å². The molecule has 4 nitrogen and oxygen atoms in total. The molecule has 1 N–H and O–H groups in total. The van der Waals surface area contributed by atoms with E-state index in [9.17, 15) is 9.90 Å². The normalized spacial score (nSPS) is 34.7. The number of ether oxygens (including phenoxy) is 1. The number of aryl methyl sites for hydroxylation is 1. The molecular formula is C17H22O4. The van der Waals surface area contributed by atoms with Gasteiger partial charge in [0, 0.05) is 36.7 Å². The number of carbonyl (C=O) groups excluding carboxylic acids is 1. The highest BCUT2D eigenvalue weighted by molar-refractivity contribution is 5.66. The van der Waals surface area contributed by atoms with Crippen LogP contribution in [0.1, 0.15) is 50.2 Å². The van der Waals surface area contributed by atoms with Crippen molar-refractivity contribution in [3.63, 3.8) is 0 Å². The second kappa shape index (κ2) is 4.73. The number of hydrogen-bond acceptors (Lipinski definition) is 4. The van der Waals surface area contributed by atoms with Gasteiger partial charge in [-0.1, -0.05) is 25.5 Å². The first-order chi connectivity index (χ1) is 9.85. The van der Waals surface area contributed by atoms with Crippen LogP contribution in [0.15, 0.2) is 22.3 Å². The molecule has 0 spiro atoms. The Labute approximate surface area is 124 Å². The summed E-state index contributed by atoms with van der Waals surface area (Å²) >= 11 is 0. The van der Waals surface area contributed by atoms with Crippen molar-refractivity contribution >= 4 is 5.97 Å². The van der Waals surface area contributed by atoms with Crippen molar-refractivity contribution in [1.29, 1.82) is 0 Å². The van der Waals surface area contributed by atoms with Crippen LogP contribution >= 0.6 is 0 Å². The zero-order valence-corrected chi connectivity index (χ0v) is 13.0. The molecule has 0 aliphatic heterocycles. The summed E-state index contributed by atoms with van der Waals surface area (Å²) in [5.74, 6) is 0.651. The van der Waals surface area contributed by atoms with Crippen molar-refractivity contribution in [2.45, 2.75) is 52.7 Å². The second-order valence-corrected chi connectivity index (χ2v) is 6.52. The minimum absolute atomic E-state index is 0.0545. The quantitative estimate of drug-likeness (QED) is 0.638. The number of rotatable bonds is 1. The molecule has 2 aliphatic rings. The van der Waals surface area contributed by atoms with Crippen molar-refractivity contribution in [1.82, 2.24) is 0 Å². The molecule has 4 heteroatoms. The molecule has 2 aliphatic carbocycles. The van der Waals surface area contributed by atoms with Crippen molar-refractivity contribution in [3.8, 4) is 0 Å². The highest BCUT2D eigenvalue weighted by atomic mass is 16.5. The molecule has 21 heavy (non-hydrogen) atoms. The Morgan fingerprint density at radius 1 is 1.52 bits per heavy atom. The van der Waals surface area contributed by atoms with Gasteiger partial charge in [0.2, 0.25) is 0 Å². The molecular weight excluding hydrogens is 268 g/mol. The first kappa shape index (κ1) is 14.4. The molecule has 1 aromatic heterocycles. The van der Waals surface area contributed by atoms with Crippen LogP contribution in [-0.2, 0) is 16.0 Å². The van der Waals surface area contributed by atoms with Crippen LogP contribution in [0.4, 0.5) is 0 Å². The molecule has 0 saturated carbocycles. The highest BCUT2D eigenvalue weighted by Gasteiger charge is 2.52. The fraction of sp³-hybridized carbons (Fsp3) is 0.588. The molecule has 114 valence electrons. The lowest BCUT2D eigenvalue weighted by molar-refractivity contribution is -0.154. The molecule has 1 aromatic rings. The molecule has 0 radical (unpaired) electrons.